The summed E-state index contributed by atoms with van der Waals surface area (Å²) in [5.74, 6) is -0.0319. The zero-order chi connectivity index (χ0) is 15.2. The molecule has 0 aromatic heterocycles. The number of carbonyl (C=O) groups is 1. The summed E-state index contributed by atoms with van der Waals surface area (Å²) >= 11 is 0. The van der Waals surface area contributed by atoms with Gasteiger partial charge >= 0.3 is 0 Å². The van der Waals surface area contributed by atoms with E-state index in [0.29, 0.717) is 0 Å². The van der Waals surface area contributed by atoms with E-state index in [-0.39, 0.29) is 37.3 Å². The topological polar surface area (TPSA) is 44.4 Å². The fourth-order valence-corrected chi connectivity index (χ4v) is 2.75. The molecule has 24 heavy (non-hydrogen) atoms. The third-order valence-electron chi connectivity index (χ3n) is 3.85. The number of benzene rings is 2. The van der Waals surface area contributed by atoms with Crippen molar-refractivity contribution in [3.8, 4) is 0 Å². The van der Waals surface area contributed by atoms with Crippen LogP contribution >= 0.6 is 24.8 Å². The molecule has 1 heterocycles. The van der Waals surface area contributed by atoms with Crippen molar-refractivity contribution in [3.05, 3.63) is 54.6 Å². The summed E-state index contributed by atoms with van der Waals surface area (Å²) < 4.78 is 0. The highest BCUT2D eigenvalue weighted by atomic mass is 35.5. The van der Waals surface area contributed by atoms with Crippen LogP contribution in [0.1, 0.15) is 12.8 Å². The maximum Gasteiger partial charge on any atom is 0.243 e. The van der Waals surface area contributed by atoms with Gasteiger partial charge in [-0.05, 0) is 37.1 Å². The second kappa shape index (κ2) is 10.1. The molecule has 3 rings (SSSR count). The molecule has 2 aromatic rings. The van der Waals surface area contributed by atoms with E-state index in [0.717, 1.165) is 30.2 Å². The van der Waals surface area contributed by atoms with Crippen LogP contribution in [-0.4, -0.2) is 25.5 Å². The van der Waals surface area contributed by atoms with Gasteiger partial charge in [-0.3, -0.25) is 4.79 Å². The van der Waals surface area contributed by atoms with Gasteiger partial charge in [0.2, 0.25) is 5.91 Å². The zero-order valence-electron chi connectivity index (χ0n) is 13.4. The molecular weight excluding hydrogens is 345 g/mol. The van der Waals surface area contributed by atoms with E-state index < -0.39 is 0 Å². The number of nitrogens with one attached hydrogen (secondary N) is 2. The van der Waals surface area contributed by atoms with Crippen molar-refractivity contribution in [1.29, 1.82) is 0 Å². The fraction of sp³-hybridized carbons (Fsp3) is 0.278. The Morgan fingerprint density at radius 3 is 2.25 bits per heavy atom. The second-order valence-corrected chi connectivity index (χ2v) is 5.48. The molecule has 0 aliphatic carbocycles. The average Bonchev–Trinajstić information content (AvgIpc) is 3.09. The highest BCUT2D eigenvalue weighted by molar-refractivity contribution is 5.96. The first kappa shape index (κ1) is 20.1. The van der Waals surface area contributed by atoms with Crippen LogP contribution in [0.15, 0.2) is 54.6 Å². The number of rotatable bonds is 5. The molecule has 0 spiro atoms. The van der Waals surface area contributed by atoms with E-state index in [4.69, 9.17) is 0 Å². The summed E-state index contributed by atoms with van der Waals surface area (Å²) in [5.41, 5.74) is 2.96. The minimum atomic E-state index is -0.0319. The molecule has 4 nitrogen and oxygen atoms in total. The standard InChI is InChI=1S/C18H21N3O.2ClH/c22-18(14-19-15-8-2-1-3-9-15)20-16-10-4-5-11-17(16)21-12-6-7-13-21;;/h1-5,8-11,19H,6-7,12-14H2,(H,20,22);2*1H. The molecule has 1 amide bonds. The number of carbonyl (C=O) groups excluding carboxylic acids is 1. The van der Waals surface area contributed by atoms with Crippen molar-refractivity contribution < 1.29 is 4.79 Å². The van der Waals surface area contributed by atoms with E-state index in [1.54, 1.807) is 0 Å². The first-order valence-electron chi connectivity index (χ1n) is 7.76. The lowest BCUT2D eigenvalue weighted by Gasteiger charge is -2.21. The Labute approximate surface area is 155 Å². The number of hydrogen-bond acceptors (Lipinski definition) is 3. The van der Waals surface area contributed by atoms with Gasteiger partial charge < -0.3 is 15.5 Å². The predicted molar refractivity (Wildman–Crippen MR) is 106 cm³/mol. The van der Waals surface area contributed by atoms with Crippen molar-refractivity contribution in [3.63, 3.8) is 0 Å². The molecule has 0 unspecified atom stereocenters. The van der Waals surface area contributed by atoms with Gasteiger partial charge in [-0.25, -0.2) is 0 Å². The highest BCUT2D eigenvalue weighted by Gasteiger charge is 2.16. The van der Waals surface area contributed by atoms with Gasteiger partial charge in [0, 0.05) is 18.8 Å². The van der Waals surface area contributed by atoms with E-state index in [1.165, 1.54) is 12.8 Å². The third kappa shape index (κ3) is 5.32. The largest absolute Gasteiger partial charge is 0.376 e. The number of anilines is 3. The molecule has 1 saturated heterocycles. The predicted octanol–water partition coefficient (Wildman–Crippen LogP) is 4.18. The molecule has 2 N–H and O–H groups in total. The van der Waals surface area contributed by atoms with Crippen molar-refractivity contribution >= 4 is 47.8 Å². The van der Waals surface area contributed by atoms with Crippen LogP contribution in [0.3, 0.4) is 0 Å². The maximum atomic E-state index is 12.2. The van der Waals surface area contributed by atoms with E-state index in [9.17, 15) is 4.79 Å². The van der Waals surface area contributed by atoms with Crippen molar-refractivity contribution in [2.24, 2.45) is 0 Å². The molecule has 0 saturated carbocycles. The van der Waals surface area contributed by atoms with E-state index >= 15 is 0 Å². The minimum absolute atomic E-state index is 0. The van der Waals surface area contributed by atoms with Crippen LogP contribution < -0.4 is 15.5 Å². The number of para-hydroxylation sites is 3. The fourth-order valence-electron chi connectivity index (χ4n) is 2.75. The number of hydrogen-bond donors (Lipinski definition) is 2. The molecule has 0 bridgehead atoms. The first-order valence-corrected chi connectivity index (χ1v) is 7.76. The van der Waals surface area contributed by atoms with Crippen LogP contribution in [0, 0.1) is 0 Å². The monoisotopic (exact) mass is 367 g/mol. The molecule has 1 aliphatic heterocycles. The summed E-state index contributed by atoms with van der Waals surface area (Å²) in [7, 11) is 0. The van der Waals surface area contributed by atoms with Gasteiger partial charge in [0.15, 0.2) is 0 Å². The van der Waals surface area contributed by atoms with Crippen LogP contribution in [0.2, 0.25) is 0 Å². The smallest absolute Gasteiger partial charge is 0.243 e. The summed E-state index contributed by atoms with van der Waals surface area (Å²) in [6.45, 7) is 2.39. The lowest BCUT2D eigenvalue weighted by molar-refractivity contribution is -0.114. The summed E-state index contributed by atoms with van der Waals surface area (Å²) in [5, 5.41) is 6.14. The van der Waals surface area contributed by atoms with Crippen LogP contribution in [0.25, 0.3) is 0 Å². The quantitative estimate of drug-likeness (QED) is 0.832. The van der Waals surface area contributed by atoms with Crippen molar-refractivity contribution in [1.82, 2.24) is 0 Å². The zero-order valence-corrected chi connectivity index (χ0v) is 15.0. The minimum Gasteiger partial charge on any atom is -0.376 e. The van der Waals surface area contributed by atoms with Crippen LogP contribution in [0.4, 0.5) is 17.1 Å². The Balaban J connectivity index is 0.00000144. The Morgan fingerprint density at radius 2 is 1.54 bits per heavy atom. The van der Waals surface area contributed by atoms with Crippen molar-refractivity contribution in [2.45, 2.75) is 12.8 Å². The van der Waals surface area contributed by atoms with Crippen LogP contribution in [-0.2, 0) is 4.79 Å². The van der Waals surface area contributed by atoms with Gasteiger partial charge in [-0.15, -0.1) is 24.8 Å². The van der Waals surface area contributed by atoms with Gasteiger partial charge in [0.05, 0.1) is 17.9 Å². The molecular formula is C18H23Cl2N3O. The normalized spacial score (nSPS) is 12.8. The summed E-state index contributed by atoms with van der Waals surface area (Å²) in [4.78, 5) is 14.5. The molecule has 130 valence electrons. The SMILES string of the molecule is Cl.Cl.O=C(CNc1ccccc1)Nc1ccccc1N1CCCC1. The third-order valence-corrected chi connectivity index (χ3v) is 3.85. The Kier molecular flexibility index (Phi) is 8.44. The van der Waals surface area contributed by atoms with Crippen molar-refractivity contribution in [2.75, 3.05) is 35.2 Å². The van der Waals surface area contributed by atoms with E-state index in [1.807, 2.05) is 48.5 Å². The Bertz CT molecular complexity index is 631. The molecule has 1 fully saturated rings. The molecule has 0 radical (unpaired) electrons. The first-order chi connectivity index (χ1) is 10.8. The van der Waals surface area contributed by atoms with Gasteiger partial charge in [0.25, 0.3) is 0 Å². The number of amides is 1. The van der Waals surface area contributed by atoms with E-state index in [2.05, 4.69) is 21.6 Å². The molecule has 1 aliphatic rings. The van der Waals surface area contributed by atoms with Gasteiger partial charge in [-0.1, -0.05) is 30.3 Å². The Morgan fingerprint density at radius 1 is 0.917 bits per heavy atom. The van der Waals surface area contributed by atoms with Gasteiger partial charge in [0.1, 0.15) is 0 Å². The molecule has 0 atom stereocenters. The lowest BCUT2D eigenvalue weighted by Crippen LogP contribution is -2.24. The molecule has 6 heteroatoms. The van der Waals surface area contributed by atoms with Crippen LogP contribution in [0.5, 0.6) is 0 Å². The molecule has 2 aromatic carbocycles. The highest BCUT2D eigenvalue weighted by Crippen LogP contribution is 2.28. The number of halogens is 2. The summed E-state index contributed by atoms with van der Waals surface area (Å²) in [6, 6.07) is 17.8. The Hall–Kier alpha value is -1.91. The second-order valence-electron chi connectivity index (χ2n) is 5.48. The maximum absolute atomic E-state index is 12.2. The summed E-state index contributed by atoms with van der Waals surface area (Å²) in [6.07, 6.45) is 2.44. The number of nitrogens with zero attached hydrogens (tertiary/aromatic N) is 1. The average molecular weight is 368 g/mol. The van der Waals surface area contributed by atoms with Gasteiger partial charge in [-0.2, -0.15) is 0 Å². The lowest BCUT2D eigenvalue weighted by atomic mass is 10.2.